The van der Waals surface area contributed by atoms with Gasteiger partial charge in [-0.2, -0.15) is 5.10 Å². The Bertz CT molecular complexity index is 547. The number of hydrogen-bond donors (Lipinski definition) is 1. The molecule has 0 aromatic heterocycles. The van der Waals surface area contributed by atoms with Gasteiger partial charge in [0.2, 0.25) is 5.91 Å². The number of hydrogen-bond acceptors (Lipinski definition) is 2. The number of amides is 1. The molecule has 1 aromatic carbocycles. The highest BCUT2D eigenvalue weighted by atomic mass is 35.5. The van der Waals surface area contributed by atoms with E-state index in [2.05, 4.69) is 17.5 Å². The van der Waals surface area contributed by atoms with Crippen LogP contribution >= 0.6 is 23.2 Å². The number of nitrogens with one attached hydrogen (secondary N) is 1. The molecular formula is C21H32Cl2N2O. The summed E-state index contributed by atoms with van der Waals surface area (Å²) in [6.07, 6.45) is 16.0. The average molecular weight is 399 g/mol. The van der Waals surface area contributed by atoms with Crippen LogP contribution in [0.5, 0.6) is 0 Å². The maximum absolute atomic E-state index is 11.8. The van der Waals surface area contributed by atoms with Crippen molar-refractivity contribution in [3.63, 3.8) is 0 Å². The number of benzene rings is 1. The van der Waals surface area contributed by atoms with Crippen molar-refractivity contribution in [2.45, 2.75) is 84.0 Å². The van der Waals surface area contributed by atoms with Crippen LogP contribution in [0.4, 0.5) is 0 Å². The summed E-state index contributed by atoms with van der Waals surface area (Å²) >= 11 is 12.0. The minimum atomic E-state index is -0.0599. The quantitative estimate of drug-likeness (QED) is 0.202. The van der Waals surface area contributed by atoms with E-state index in [0.717, 1.165) is 12.8 Å². The van der Waals surface area contributed by atoms with Gasteiger partial charge in [0.1, 0.15) is 0 Å². The summed E-state index contributed by atoms with van der Waals surface area (Å²) in [4.78, 5) is 11.8. The fourth-order valence-electron chi connectivity index (χ4n) is 2.80. The first kappa shape index (κ1) is 23.0. The Kier molecular flexibility index (Phi) is 13.3. The van der Waals surface area contributed by atoms with E-state index < -0.39 is 0 Å². The van der Waals surface area contributed by atoms with Crippen LogP contribution in [0, 0.1) is 0 Å². The summed E-state index contributed by atoms with van der Waals surface area (Å²) in [5.41, 5.74) is 3.23. The van der Waals surface area contributed by atoms with Crippen molar-refractivity contribution < 1.29 is 4.79 Å². The molecule has 0 fully saturated rings. The number of nitrogens with zero attached hydrogens (tertiary/aromatic N) is 1. The zero-order valence-corrected chi connectivity index (χ0v) is 17.4. The second-order valence-electron chi connectivity index (χ2n) is 6.72. The molecule has 0 bridgehead atoms. The number of unbranched alkanes of at least 4 members (excludes halogenated alkanes) is 10. The van der Waals surface area contributed by atoms with E-state index in [1.54, 1.807) is 18.2 Å². The lowest BCUT2D eigenvalue weighted by molar-refractivity contribution is -0.121. The van der Waals surface area contributed by atoms with E-state index in [9.17, 15) is 4.79 Å². The Hall–Kier alpha value is -1.06. The van der Waals surface area contributed by atoms with Gasteiger partial charge in [0.25, 0.3) is 0 Å². The second kappa shape index (κ2) is 15.0. The van der Waals surface area contributed by atoms with E-state index in [-0.39, 0.29) is 5.91 Å². The fourth-order valence-corrected chi connectivity index (χ4v) is 3.16. The van der Waals surface area contributed by atoms with Crippen LogP contribution in [0.1, 0.15) is 89.5 Å². The van der Waals surface area contributed by atoms with Crippen molar-refractivity contribution in [1.29, 1.82) is 0 Å². The molecule has 0 atom stereocenters. The monoisotopic (exact) mass is 398 g/mol. The third-order valence-corrected chi connectivity index (χ3v) is 5.22. The van der Waals surface area contributed by atoms with E-state index in [4.69, 9.17) is 23.2 Å². The lowest BCUT2D eigenvalue weighted by atomic mass is 10.1. The molecule has 1 aromatic rings. The van der Waals surface area contributed by atoms with Gasteiger partial charge in [0, 0.05) is 12.0 Å². The minimum absolute atomic E-state index is 0.0599. The molecule has 146 valence electrons. The van der Waals surface area contributed by atoms with Gasteiger partial charge < -0.3 is 0 Å². The van der Waals surface area contributed by atoms with Gasteiger partial charge >= 0.3 is 0 Å². The summed E-state index contributed by atoms with van der Waals surface area (Å²) in [7, 11) is 0. The molecule has 0 aliphatic rings. The Morgan fingerprint density at radius 1 is 0.962 bits per heavy atom. The summed E-state index contributed by atoms with van der Waals surface area (Å²) in [5.74, 6) is -0.0599. The molecule has 0 heterocycles. The number of carbonyl (C=O) groups is 1. The topological polar surface area (TPSA) is 41.5 Å². The van der Waals surface area contributed by atoms with E-state index in [1.165, 1.54) is 64.0 Å². The van der Waals surface area contributed by atoms with Gasteiger partial charge in [-0.3, -0.25) is 4.79 Å². The van der Waals surface area contributed by atoms with Gasteiger partial charge in [-0.25, -0.2) is 5.43 Å². The second-order valence-corrected chi connectivity index (χ2v) is 7.51. The molecule has 0 unspecified atom stereocenters. The Morgan fingerprint density at radius 3 is 2.15 bits per heavy atom. The van der Waals surface area contributed by atoms with Crippen molar-refractivity contribution in [1.82, 2.24) is 5.43 Å². The summed E-state index contributed by atoms with van der Waals surface area (Å²) < 4.78 is 0. The third kappa shape index (κ3) is 10.8. The van der Waals surface area contributed by atoms with Crippen molar-refractivity contribution in [3.8, 4) is 0 Å². The molecular weight excluding hydrogens is 367 g/mol. The first-order valence-electron chi connectivity index (χ1n) is 9.91. The zero-order valence-electron chi connectivity index (χ0n) is 15.9. The normalized spacial score (nSPS) is 11.2. The van der Waals surface area contributed by atoms with Crippen molar-refractivity contribution in [2.24, 2.45) is 5.10 Å². The average Bonchev–Trinajstić information content (AvgIpc) is 2.63. The number of halogens is 2. The Balaban J connectivity index is 2.00. The number of carbonyl (C=O) groups excluding carboxylic acids is 1. The van der Waals surface area contributed by atoms with Crippen molar-refractivity contribution in [3.05, 3.63) is 33.8 Å². The predicted molar refractivity (Wildman–Crippen MR) is 113 cm³/mol. The maximum Gasteiger partial charge on any atom is 0.240 e. The first-order valence-corrected chi connectivity index (χ1v) is 10.7. The molecule has 0 aliphatic heterocycles. The van der Waals surface area contributed by atoms with Gasteiger partial charge in [0.15, 0.2) is 0 Å². The standard InChI is InChI=1S/C21H32Cl2N2O/c1-2-3-4-5-6-7-8-9-10-11-12-16-20(26)25-24-17-18-14-13-15-19(22)21(18)23/h13-15,17H,2-12,16H2,1H3,(H,25,26)/b24-17+. The molecule has 1 amide bonds. The van der Waals surface area contributed by atoms with Gasteiger partial charge in [0.05, 0.1) is 16.3 Å². The maximum atomic E-state index is 11.8. The first-order chi connectivity index (χ1) is 12.6. The predicted octanol–water partition coefficient (Wildman–Crippen LogP) is 7.14. The van der Waals surface area contributed by atoms with E-state index in [0.29, 0.717) is 22.0 Å². The largest absolute Gasteiger partial charge is 0.273 e. The molecule has 1 rings (SSSR count). The summed E-state index contributed by atoms with van der Waals surface area (Å²) in [5, 5.41) is 4.86. The van der Waals surface area contributed by atoms with Crippen LogP contribution in [0.3, 0.4) is 0 Å². The fraction of sp³-hybridized carbons (Fsp3) is 0.619. The smallest absolute Gasteiger partial charge is 0.240 e. The highest BCUT2D eigenvalue weighted by molar-refractivity contribution is 6.43. The van der Waals surface area contributed by atoms with E-state index in [1.807, 2.05) is 0 Å². The van der Waals surface area contributed by atoms with Crippen LogP contribution < -0.4 is 5.43 Å². The van der Waals surface area contributed by atoms with E-state index >= 15 is 0 Å². The van der Waals surface area contributed by atoms with Crippen molar-refractivity contribution >= 4 is 35.3 Å². The summed E-state index contributed by atoms with van der Waals surface area (Å²) in [6, 6.07) is 5.31. The summed E-state index contributed by atoms with van der Waals surface area (Å²) in [6.45, 7) is 2.25. The molecule has 0 aliphatic carbocycles. The Labute approximate surface area is 168 Å². The lowest BCUT2D eigenvalue weighted by Crippen LogP contribution is -2.16. The van der Waals surface area contributed by atoms with Crippen LogP contribution in [-0.2, 0) is 4.79 Å². The number of rotatable bonds is 14. The molecule has 3 nitrogen and oxygen atoms in total. The minimum Gasteiger partial charge on any atom is -0.273 e. The molecule has 5 heteroatoms. The van der Waals surface area contributed by atoms with Crippen LogP contribution in [-0.4, -0.2) is 12.1 Å². The van der Waals surface area contributed by atoms with Crippen LogP contribution in [0.25, 0.3) is 0 Å². The molecule has 26 heavy (non-hydrogen) atoms. The molecule has 0 saturated carbocycles. The van der Waals surface area contributed by atoms with Gasteiger partial charge in [-0.15, -0.1) is 0 Å². The highest BCUT2D eigenvalue weighted by Gasteiger charge is 2.02. The Morgan fingerprint density at radius 2 is 1.54 bits per heavy atom. The van der Waals surface area contributed by atoms with Gasteiger partial charge in [-0.1, -0.05) is 106 Å². The lowest BCUT2D eigenvalue weighted by Gasteiger charge is -2.03. The van der Waals surface area contributed by atoms with Crippen LogP contribution in [0.15, 0.2) is 23.3 Å². The third-order valence-electron chi connectivity index (χ3n) is 4.38. The zero-order chi connectivity index (χ0) is 19.0. The van der Waals surface area contributed by atoms with Crippen LogP contribution in [0.2, 0.25) is 10.0 Å². The molecule has 1 N–H and O–H groups in total. The molecule has 0 spiro atoms. The van der Waals surface area contributed by atoms with Gasteiger partial charge in [-0.05, 0) is 12.5 Å². The van der Waals surface area contributed by atoms with Crippen molar-refractivity contribution in [2.75, 3.05) is 0 Å². The molecule has 0 saturated heterocycles. The number of hydrazone groups is 1. The highest BCUT2D eigenvalue weighted by Crippen LogP contribution is 2.24. The molecule has 0 radical (unpaired) electrons. The SMILES string of the molecule is CCCCCCCCCCCCCC(=O)N/N=C/c1cccc(Cl)c1Cl.